The second kappa shape index (κ2) is 6.87. The number of halogens is 1. The highest BCUT2D eigenvalue weighted by Crippen LogP contribution is 2.20. The van der Waals surface area contributed by atoms with Gasteiger partial charge in [-0.3, -0.25) is 4.99 Å². The molecule has 0 unspecified atom stereocenters. The minimum absolute atomic E-state index is 0.809. The van der Waals surface area contributed by atoms with E-state index in [1.807, 2.05) is 30.5 Å². The van der Waals surface area contributed by atoms with Gasteiger partial charge in [0.25, 0.3) is 0 Å². The highest BCUT2D eigenvalue weighted by Gasteiger charge is 2.10. The van der Waals surface area contributed by atoms with Crippen LogP contribution in [0.5, 0.6) is 0 Å². The van der Waals surface area contributed by atoms with Crippen molar-refractivity contribution in [3.63, 3.8) is 0 Å². The summed E-state index contributed by atoms with van der Waals surface area (Å²) in [5, 5.41) is 0. The van der Waals surface area contributed by atoms with Gasteiger partial charge in [-0.15, -0.1) is 0 Å². The SMILES string of the molecule is Brc1ccc(C=Nc2ccc(N3CCOCC3)cc2)cc1. The normalized spacial score (nSPS) is 15.6. The fourth-order valence-electron chi connectivity index (χ4n) is 2.27. The van der Waals surface area contributed by atoms with Crippen molar-refractivity contribution < 1.29 is 4.74 Å². The molecule has 0 N–H and O–H groups in total. The van der Waals surface area contributed by atoms with Crippen molar-refractivity contribution >= 4 is 33.5 Å². The average Bonchev–Trinajstić information content (AvgIpc) is 2.56. The number of hydrogen-bond donors (Lipinski definition) is 0. The second-order valence-electron chi connectivity index (χ2n) is 4.93. The fraction of sp³-hybridized carbons (Fsp3) is 0.235. The molecular formula is C17H17BrN2O. The van der Waals surface area contributed by atoms with Crippen LogP contribution < -0.4 is 4.90 Å². The van der Waals surface area contributed by atoms with Gasteiger partial charge in [0.15, 0.2) is 0 Å². The van der Waals surface area contributed by atoms with Crippen LogP contribution >= 0.6 is 15.9 Å². The predicted molar refractivity (Wildman–Crippen MR) is 90.9 cm³/mol. The Morgan fingerprint density at radius 2 is 1.62 bits per heavy atom. The molecule has 2 aromatic rings. The zero-order chi connectivity index (χ0) is 14.5. The maximum Gasteiger partial charge on any atom is 0.0642 e. The standard InChI is InChI=1S/C17H17BrN2O/c18-15-3-1-14(2-4-15)13-19-16-5-7-17(8-6-16)20-9-11-21-12-10-20/h1-8,13H,9-12H2. The Morgan fingerprint density at radius 1 is 0.952 bits per heavy atom. The Hall–Kier alpha value is -1.65. The molecule has 1 aliphatic heterocycles. The third kappa shape index (κ3) is 3.93. The molecule has 1 saturated heterocycles. The molecule has 0 aliphatic carbocycles. The predicted octanol–water partition coefficient (Wildman–Crippen LogP) is 4.04. The molecule has 108 valence electrons. The largest absolute Gasteiger partial charge is 0.378 e. The van der Waals surface area contributed by atoms with Crippen molar-refractivity contribution in [3.8, 4) is 0 Å². The van der Waals surface area contributed by atoms with Crippen LogP contribution in [0.25, 0.3) is 0 Å². The first-order chi connectivity index (χ1) is 10.3. The summed E-state index contributed by atoms with van der Waals surface area (Å²) in [5.41, 5.74) is 3.30. The summed E-state index contributed by atoms with van der Waals surface area (Å²) in [6.07, 6.45) is 1.89. The van der Waals surface area contributed by atoms with Gasteiger partial charge in [0.05, 0.1) is 18.9 Å². The number of hydrogen-bond acceptors (Lipinski definition) is 3. The Balaban J connectivity index is 1.67. The zero-order valence-corrected chi connectivity index (χ0v) is 13.3. The highest BCUT2D eigenvalue weighted by molar-refractivity contribution is 9.10. The molecule has 4 heteroatoms. The molecule has 0 bridgehead atoms. The first-order valence-electron chi connectivity index (χ1n) is 7.04. The number of nitrogens with zero attached hydrogens (tertiary/aromatic N) is 2. The fourth-order valence-corrected chi connectivity index (χ4v) is 2.53. The number of anilines is 1. The first-order valence-corrected chi connectivity index (χ1v) is 7.83. The van der Waals surface area contributed by atoms with Crippen molar-refractivity contribution in [2.75, 3.05) is 31.2 Å². The third-order valence-corrected chi connectivity index (χ3v) is 3.99. The summed E-state index contributed by atoms with van der Waals surface area (Å²) >= 11 is 3.43. The Labute approximate surface area is 133 Å². The van der Waals surface area contributed by atoms with Crippen molar-refractivity contribution in [1.29, 1.82) is 0 Å². The molecule has 1 aliphatic rings. The van der Waals surface area contributed by atoms with E-state index in [9.17, 15) is 0 Å². The smallest absolute Gasteiger partial charge is 0.0642 e. The van der Waals surface area contributed by atoms with Crippen LogP contribution in [-0.4, -0.2) is 32.5 Å². The van der Waals surface area contributed by atoms with Gasteiger partial charge in [-0.2, -0.15) is 0 Å². The lowest BCUT2D eigenvalue weighted by atomic mass is 10.2. The summed E-state index contributed by atoms with van der Waals surface area (Å²) < 4.78 is 6.45. The van der Waals surface area contributed by atoms with Crippen LogP contribution in [0.1, 0.15) is 5.56 Å². The number of rotatable bonds is 3. The molecule has 0 radical (unpaired) electrons. The van der Waals surface area contributed by atoms with Crippen LogP contribution in [0.3, 0.4) is 0 Å². The third-order valence-electron chi connectivity index (χ3n) is 3.46. The Kier molecular flexibility index (Phi) is 4.68. The van der Waals surface area contributed by atoms with Gasteiger partial charge in [0, 0.05) is 29.5 Å². The van der Waals surface area contributed by atoms with Gasteiger partial charge in [-0.25, -0.2) is 0 Å². The zero-order valence-electron chi connectivity index (χ0n) is 11.7. The van der Waals surface area contributed by atoms with Gasteiger partial charge in [0.1, 0.15) is 0 Å². The van der Waals surface area contributed by atoms with Gasteiger partial charge in [-0.05, 0) is 42.0 Å². The Morgan fingerprint density at radius 3 is 2.29 bits per heavy atom. The molecule has 0 atom stereocenters. The number of benzene rings is 2. The van der Waals surface area contributed by atoms with Crippen molar-refractivity contribution in [2.45, 2.75) is 0 Å². The molecule has 1 heterocycles. The molecule has 0 amide bonds. The molecular weight excluding hydrogens is 328 g/mol. The van der Waals surface area contributed by atoms with E-state index < -0.39 is 0 Å². The lowest BCUT2D eigenvalue weighted by Crippen LogP contribution is -2.36. The topological polar surface area (TPSA) is 24.8 Å². The van der Waals surface area contributed by atoms with E-state index in [0.29, 0.717) is 0 Å². The summed E-state index contributed by atoms with van der Waals surface area (Å²) in [5.74, 6) is 0. The molecule has 1 fully saturated rings. The van der Waals surface area contributed by atoms with Crippen molar-refractivity contribution in [3.05, 3.63) is 58.6 Å². The van der Waals surface area contributed by atoms with Crippen LogP contribution in [-0.2, 0) is 4.74 Å². The average molecular weight is 345 g/mol. The van der Waals surface area contributed by atoms with E-state index >= 15 is 0 Å². The van der Waals surface area contributed by atoms with Gasteiger partial charge in [-0.1, -0.05) is 28.1 Å². The molecule has 0 spiro atoms. The molecule has 0 aromatic heterocycles. The van der Waals surface area contributed by atoms with Gasteiger partial charge >= 0.3 is 0 Å². The Bertz CT molecular complexity index is 602. The van der Waals surface area contributed by atoms with Crippen LogP contribution in [0.2, 0.25) is 0 Å². The number of ether oxygens (including phenoxy) is 1. The minimum atomic E-state index is 0.809. The molecule has 0 saturated carbocycles. The van der Waals surface area contributed by atoms with E-state index in [0.717, 1.165) is 42.0 Å². The quantitative estimate of drug-likeness (QED) is 0.785. The molecule has 2 aromatic carbocycles. The number of aliphatic imine (C=N–C) groups is 1. The maximum atomic E-state index is 5.37. The highest BCUT2D eigenvalue weighted by atomic mass is 79.9. The van der Waals surface area contributed by atoms with E-state index in [1.54, 1.807) is 0 Å². The van der Waals surface area contributed by atoms with Gasteiger partial charge in [0.2, 0.25) is 0 Å². The lowest BCUT2D eigenvalue weighted by molar-refractivity contribution is 0.122. The van der Waals surface area contributed by atoms with Crippen molar-refractivity contribution in [1.82, 2.24) is 0 Å². The summed E-state index contributed by atoms with van der Waals surface area (Å²) in [6.45, 7) is 3.54. The number of morpholine rings is 1. The van der Waals surface area contributed by atoms with E-state index in [1.165, 1.54) is 5.69 Å². The molecule has 3 rings (SSSR count). The summed E-state index contributed by atoms with van der Waals surface area (Å²) in [7, 11) is 0. The van der Waals surface area contributed by atoms with Crippen molar-refractivity contribution in [2.24, 2.45) is 4.99 Å². The monoisotopic (exact) mass is 344 g/mol. The maximum absolute atomic E-state index is 5.37. The van der Waals surface area contributed by atoms with Crippen LogP contribution in [0.15, 0.2) is 58.0 Å². The molecule has 3 nitrogen and oxygen atoms in total. The van der Waals surface area contributed by atoms with Gasteiger partial charge < -0.3 is 9.64 Å². The van der Waals surface area contributed by atoms with Crippen LogP contribution in [0.4, 0.5) is 11.4 Å². The van der Waals surface area contributed by atoms with Crippen LogP contribution in [0, 0.1) is 0 Å². The first kappa shape index (κ1) is 14.3. The van der Waals surface area contributed by atoms with E-state index in [-0.39, 0.29) is 0 Å². The second-order valence-corrected chi connectivity index (χ2v) is 5.84. The van der Waals surface area contributed by atoms with E-state index in [4.69, 9.17) is 4.74 Å². The van der Waals surface area contributed by atoms with E-state index in [2.05, 4.69) is 50.1 Å². The summed E-state index contributed by atoms with van der Waals surface area (Å²) in [4.78, 5) is 6.85. The lowest BCUT2D eigenvalue weighted by Gasteiger charge is -2.28. The minimum Gasteiger partial charge on any atom is -0.378 e. The summed E-state index contributed by atoms with van der Waals surface area (Å²) in [6, 6.07) is 16.5. The molecule has 21 heavy (non-hydrogen) atoms.